The summed E-state index contributed by atoms with van der Waals surface area (Å²) in [5.41, 5.74) is 0. The van der Waals surface area contributed by atoms with E-state index in [4.69, 9.17) is 13.3 Å². The summed E-state index contributed by atoms with van der Waals surface area (Å²) in [6.45, 7) is 9.14. The van der Waals surface area contributed by atoms with Gasteiger partial charge in [-0.3, -0.25) is 0 Å². The average Bonchev–Trinajstić information content (AvgIpc) is 2.72. The summed E-state index contributed by atoms with van der Waals surface area (Å²) in [5.74, 6) is 0. The molecule has 1 aliphatic rings. The van der Waals surface area contributed by atoms with Crippen molar-refractivity contribution >= 4 is 8.80 Å². The van der Waals surface area contributed by atoms with Gasteiger partial charge in [0, 0.05) is 19.8 Å². The summed E-state index contributed by atoms with van der Waals surface area (Å²) in [5, 5.41) is 1.39. The van der Waals surface area contributed by atoms with E-state index in [1.165, 1.54) is 88.7 Å². The van der Waals surface area contributed by atoms with Gasteiger partial charge in [0.05, 0.1) is 0 Å². The molecule has 30 heavy (non-hydrogen) atoms. The van der Waals surface area contributed by atoms with Crippen LogP contribution in [0.2, 0.25) is 0 Å². The Balaban J connectivity index is 2.83. The molecule has 0 saturated carbocycles. The van der Waals surface area contributed by atoms with Gasteiger partial charge in [-0.1, -0.05) is 97.5 Å². The minimum atomic E-state index is -2.77. The van der Waals surface area contributed by atoms with Gasteiger partial charge in [-0.2, -0.15) is 0 Å². The zero-order valence-electron chi connectivity index (χ0n) is 20.7. The second kappa shape index (κ2) is 19.5. The zero-order chi connectivity index (χ0) is 21.8. The lowest BCUT2D eigenvalue weighted by Gasteiger charge is -2.33. The largest absolute Gasteiger partial charge is 0.532 e. The van der Waals surface area contributed by atoms with Crippen LogP contribution in [0.3, 0.4) is 0 Å². The molecule has 0 fully saturated rings. The smallest absolute Gasteiger partial charge is 0.370 e. The van der Waals surface area contributed by atoms with Crippen LogP contribution in [0.5, 0.6) is 0 Å². The third-order valence-corrected chi connectivity index (χ3v) is 9.05. The number of hydrogen-bond donors (Lipinski definition) is 0. The molecule has 0 atom stereocenters. The van der Waals surface area contributed by atoms with E-state index in [2.05, 4.69) is 26.8 Å². The van der Waals surface area contributed by atoms with Crippen LogP contribution in [0, 0.1) is 0 Å². The van der Waals surface area contributed by atoms with Crippen molar-refractivity contribution in [3.63, 3.8) is 0 Å². The van der Waals surface area contributed by atoms with E-state index in [1.54, 1.807) is 0 Å². The molecule has 0 aromatic heterocycles. The molecule has 0 radical (unpaired) electrons. The van der Waals surface area contributed by atoms with Crippen LogP contribution < -0.4 is 0 Å². The lowest BCUT2D eigenvalue weighted by atomic mass is 10.1. The predicted molar refractivity (Wildman–Crippen MR) is 132 cm³/mol. The highest BCUT2D eigenvalue weighted by atomic mass is 28.4. The summed E-state index contributed by atoms with van der Waals surface area (Å²) in [6, 6.07) is 0. The van der Waals surface area contributed by atoms with Crippen molar-refractivity contribution in [3.05, 3.63) is 11.3 Å². The number of hydrogen-bond acceptors (Lipinski definition) is 3. The molecular formula is C26H52O3Si. The van der Waals surface area contributed by atoms with Crippen molar-refractivity contribution < 1.29 is 13.3 Å². The maximum Gasteiger partial charge on any atom is 0.532 e. The molecule has 4 heteroatoms. The van der Waals surface area contributed by atoms with Crippen LogP contribution >= 0.6 is 0 Å². The van der Waals surface area contributed by atoms with E-state index in [0.29, 0.717) is 0 Å². The van der Waals surface area contributed by atoms with Gasteiger partial charge in [0.15, 0.2) is 0 Å². The highest BCUT2D eigenvalue weighted by Crippen LogP contribution is 2.29. The van der Waals surface area contributed by atoms with Gasteiger partial charge in [0.1, 0.15) is 0 Å². The highest BCUT2D eigenvalue weighted by molar-refractivity contribution is 6.68. The molecule has 0 amide bonds. The van der Waals surface area contributed by atoms with Gasteiger partial charge >= 0.3 is 8.80 Å². The Kier molecular flexibility index (Phi) is 18.1. The first-order chi connectivity index (χ1) is 14.8. The Morgan fingerprint density at radius 3 is 1.53 bits per heavy atom. The van der Waals surface area contributed by atoms with Gasteiger partial charge in [-0.15, -0.1) is 0 Å². The van der Waals surface area contributed by atoms with Crippen LogP contribution in [-0.2, 0) is 13.3 Å². The van der Waals surface area contributed by atoms with E-state index in [9.17, 15) is 0 Å². The Bertz CT molecular complexity index is 375. The third-order valence-electron chi connectivity index (χ3n) is 6.05. The van der Waals surface area contributed by atoms with Gasteiger partial charge in [0.2, 0.25) is 0 Å². The fourth-order valence-electron chi connectivity index (χ4n) is 4.08. The second-order valence-corrected chi connectivity index (χ2v) is 11.6. The lowest BCUT2D eigenvalue weighted by Crippen LogP contribution is -2.49. The fourth-order valence-corrected chi connectivity index (χ4v) is 7.00. The second-order valence-electron chi connectivity index (χ2n) is 8.97. The van der Waals surface area contributed by atoms with E-state index < -0.39 is 8.80 Å². The van der Waals surface area contributed by atoms with Crippen LogP contribution in [-0.4, -0.2) is 28.6 Å². The number of allylic oxidation sites excluding steroid dienone is 2. The third kappa shape index (κ3) is 12.6. The molecule has 3 nitrogen and oxygen atoms in total. The molecule has 0 unspecified atom stereocenters. The molecule has 0 N–H and O–H groups in total. The first-order valence-electron chi connectivity index (χ1n) is 13.4. The summed E-state index contributed by atoms with van der Waals surface area (Å²) >= 11 is 0. The minimum Gasteiger partial charge on any atom is -0.370 e. The van der Waals surface area contributed by atoms with Crippen LogP contribution in [0.4, 0.5) is 0 Å². The van der Waals surface area contributed by atoms with E-state index in [-0.39, 0.29) is 0 Å². The molecule has 1 aliphatic carbocycles. The van der Waals surface area contributed by atoms with Crippen LogP contribution in [0.15, 0.2) is 11.3 Å². The van der Waals surface area contributed by atoms with E-state index in [0.717, 1.165) is 51.9 Å². The zero-order valence-corrected chi connectivity index (χ0v) is 21.7. The van der Waals surface area contributed by atoms with Crippen molar-refractivity contribution in [2.45, 2.75) is 136 Å². The van der Waals surface area contributed by atoms with Crippen LogP contribution in [0.1, 0.15) is 136 Å². The van der Waals surface area contributed by atoms with E-state index >= 15 is 0 Å². The van der Waals surface area contributed by atoms with Gasteiger partial charge in [-0.25, -0.2) is 0 Å². The molecule has 178 valence electrons. The van der Waals surface area contributed by atoms with Crippen molar-refractivity contribution in [2.24, 2.45) is 0 Å². The van der Waals surface area contributed by atoms with Crippen molar-refractivity contribution in [1.82, 2.24) is 0 Å². The molecule has 0 heterocycles. The van der Waals surface area contributed by atoms with Gasteiger partial charge in [-0.05, 0) is 50.1 Å². The van der Waals surface area contributed by atoms with Crippen molar-refractivity contribution in [2.75, 3.05) is 19.8 Å². The Morgan fingerprint density at radius 2 is 1.07 bits per heavy atom. The van der Waals surface area contributed by atoms with Gasteiger partial charge in [0.25, 0.3) is 0 Å². The minimum absolute atomic E-state index is 0.785. The number of rotatable bonds is 19. The normalized spacial score (nSPS) is 17.4. The fraction of sp³-hybridized carbons (Fsp3) is 0.923. The standard InChI is InChI=1S/C26H52O3Si/c1-4-7-10-18-23-27-30(28-24-19-11-8-5-2,29-25-20-12-9-6-3)26-21-16-14-13-15-17-22-26/h21H,4-20,22-25H2,1-3H3/b26-21+. The Hall–Kier alpha value is -0.163. The Labute approximate surface area is 189 Å². The first-order valence-corrected chi connectivity index (χ1v) is 15.1. The monoisotopic (exact) mass is 440 g/mol. The maximum absolute atomic E-state index is 6.65. The highest BCUT2D eigenvalue weighted by Gasteiger charge is 2.45. The molecule has 0 bridgehead atoms. The maximum atomic E-state index is 6.65. The molecule has 0 aromatic carbocycles. The molecule has 1 rings (SSSR count). The lowest BCUT2D eigenvalue weighted by molar-refractivity contribution is 0.0629. The summed E-state index contributed by atoms with van der Waals surface area (Å²) in [6.07, 6.45) is 24.6. The summed E-state index contributed by atoms with van der Waals surface area (Å²) in [4.78, 5) is 0. The molecule has 0 aromatic rings. The molecule has 0 saturated heterocycles. The van der Waals surface area contributed by atoms with Crippen LogP contribution in [0.25, 0.3) is 0 Å². The SMILES string of the molecule is CCCCCCO[Si](OCCCCCC)(OCCCCCC)/C1=C/CCCCCC1. The topological polar surface area (TPSA) is 27.7 Å². The van der Waals surface area contributed by atoms with E-state index in [1.807, 2.05) is 0 Å². The van der Waals surface area contributed by atoms with Crippen molar-refractivity contribution in [1.29, 1.82) is 0 Å². The molecular weight excluding hydrogens is 388 g/mol. The summed E-state index contributed by atoms with van der Waals surface area (Å²) < 4.78 is 20.0. The quantitative estimate of drug-likeness (QED) is 0.149. The molecule has 0 spiro atoms. The average molecular weight is 441 g/mol. The van der Waals surface area contributed by atoms with Gasteiger partial charge < -0.3 is 13.3 Å². The number of unbranched alkanes of at least 4 members (excludes halogenated alkanes) is 9. The first kappa shape index (κ1) is 27.9. The summed E-state index contributed by atoms with van der Waals surface area (Å²) in [7, 11) is -2.77. The Morgan fingerprint density at radius 1 is 0.600 bits per heavy atom. The van der Waals surface area contributed by atoms with Crippen molar-refractivity contribution in [3.8, 4) is 0 Å². The predicted octanol–water partition coefficient (Wildman–Crippen LogP) is 8.54. The molecule has 0 aliphatic heterocycles.